The number of nitrogens with zero attached hydrogens (tertiary/aromatic N) is 1. The summed E-state index contributed by atoms with van der Waals surface area (Å²) in [4.78, 5) is 11.3. The van der Waals surface area contributed by atoms with E-state index in [4.69, 9.17) is 4.74 Å². The van der Waals surface area contributed by atoms with Crippen molar-refractivity contribution in [2.45, 2.75) is 33.1 Å². The SMILES string of the molecule is CC(C)C(=O)OCC[N+]1(C)CCCCC1.[I-]. The van der Waals surface area contributed by atoms with Crippen molar-refractivity contribution in [3.63, 3.8) is 0 Å². The first-order valence-corrected chi connectivity index (χ1v) is 6.04. The summed E-state index contributed by atoms with van der Waals surface area (Å²) in [6, 6.07) is 0. The second kappa shape index (κ2) is 7.48. The number of esters is 1. The van der Waals surface area contributed by atoms with Crippen LogP contribution in [0.3, 0.4) is 0 Å². The van der Waals surface area contributed by atoms with E-state index in [9.17, 15) is 4.79 Å². The van der Waals surface area contributed by atoms with Crippen LogP contribution in [0.15, 0.2) is 0 Å². The maximum atomic E-state index is 11.3. The molecule has 0 aliphatic carbocycles. The third kappa shape index (κ3) is 5.48. The predicted octanol–water partition coefficient (Wildman–Crippen LogP) is -1.18. The molecule has 16 heavy (non-hydrogen) atoms. The molecule has 0 spiro atoms. The van der Waals surface area contributed by atoms with Crippen LogP contribution in [0, 0.1) is 5.92 Å². The minimum atomic E-state index is -0.0707. The molecular formula is C12H24INO2. The zero-order valence-electron chi connectivity index (χ0n) is 10.7. The Kier molecular flexibility index (Phi) is 7.55. The number of likely N-dealkylation sites (tertiary alicyclic amines) is 1. The number of carbonyl (C=O) groups is 1. The molecule has 0 amide bonds. The molecule has 0 unspecified atom stereocenters. The molecule has 0 atom stereocenters. The fraction of sp³-hybridized carbons (Fsp3) is 0.917. The minimum Gasteiger partial charge on any atom is -1.00 e. The van der Waals surface area contributed by atoms with Crippen molar-refractivity contribution >= 4 is 5.97 Å². The Labute approximate surface area is 116 Å². The average molecular weight is 341 g/mol. The van der Waals surface area contributed by atoms with Crippen molar-refractivity contribution in [1.82, 2.24) is 0 Å². The zero-order valence-corrected chi connectivity index (χ0v) is 12.8. The van der Waals surface area contributed by atoms with Gasteiger partial charge in [-0.3, -0.25) is 4.79 Å². The van der Waals surface area contributed by atoms with Crippen molar-refractivity contribution in [3.8, 4) is 0 Å². The second-order valence-electron chi connectivity index (χ2n) is 5.17. The molecule has 0 bridgehead atoms. The molecule has 1 heterocycles. The zero-order chi connectivity index (χ0) is 11.3. The summed E-state index contributed by atoms with van der Waals surface area (Å²) in [5.41, 5.74) is 0. The van der Waals surface area contributed by atoms with Crippen molar-refractivity contribution in [2.24, 2.45) is 5.92 Å². The number of hydrogen-bond acceptors (Lipinski definition) is 2. The van der Waals surface area contributed by atoms with Gasteiger partial charge in [0.1, 0.15) is 13.2 Å². The highest BCUT2D eigenvalue weighted by molar-refractivity contribution is 5.71. The fourth-order valence-corrected chi connectivity index (χ4v) is 2.03. The van der Waals surface area contributed by atoms with Crippen molar-refractivity contribution in [2.75, 3.05) is 33.3 Å². The van der Waals surface area contributed by atoms with Gasteiger partial charge in [-0.1, -0.05) is 13.8 Å². The molecule has 96 valence electrons. The predicted molar refractivity (Wildman–Crippen MR) is 60.4 cm³/mol. The van der Waals surface area contributed by atoms with E-state index in [1.807, 2.05) is 13.8 Å². The number of likely N-dealkylation sites (N-methyl/N-ethyl adjacent to an activating group) is 1. The molecule has 4 heteroatoms. The van der Waals surface area contributed by atoms with Crippen LogP contribution in [0.25, 0.3) is 0 Å². The lowest BCUT2D eigenvalue weighted by Crippen LogP contribution is -3.00. The van der Waals surface area contributed by atoms with Crippen LogP contribution in [-0.4, -0.2) is 43.7 Å². The molecule has 3 nitrogen and oxygen atoms in total. The molecule has 0 radical (unpaired) electrons. The summed E-state index contributed by atoms with van der Waals surface area (Å²) < 4.78 is 6.29. The molecule has 1 fully saturated rings. The van der Waals surface area contributed by atoms with Gasteiger partial charge in [0.05, 0.1) is 26.1 Å². The summed E-state index contributed by atoms with van der Waals surface area (Å²) >= 11 is 0. The standard InChI is InChI=1S/C12H24NO2.HI/c1-11(2)12(14)15-10-9-13(3)7-5-4-6-8-13;/h11H,4-10H2,1-3H3;1H/q+1;/p-1. The van der Waals surface area contributed by atoms with Gasteiger partial charge in [-0.15, -0.1) is 0 Å². The number of hydrogen-bond donors (Lipinski definition) is 0. The maximum absolute atomic E-state index is 11.3. The van der Waals surface area contributed by atoms with E-state index in [1.54, 1.807) is 0 Å². The van der Waals surface area contributed by atoms with Crippen molar-refractivity contribution in [3.05, 3.63) is 0 Å². The lowest BCUT2D eigenvalue weighted by molar-refractivity contribution is -0.914. The Morgan fingerprint density at radius 3 is 2.31 bits per heavy atom. The summed E-state index contributed by atoms with van der Waals surface area (Å²) in [7, 11) is 2.27. The Balaban J connectivity index is 0.00000225. The van der Waals surface area contributed by atoms with E-state index in [0.29, 0.717) is 6.61 Å². The number of piperidine rings is 1. The Morgan fingerprint density at radius 2 is 1.81 bits per heavy atom. The van der Waals surface area contributed by atoms with E-state index in [1.165, 1.54) is 32.4 Å². The fourth-order valence-electron chi connectivity index (χ4n) is 2.03. The highest BCUT2D eigenvalue weighted by Gasteiger charge is 2.24. The van der Waals surface area contributed by atoms with E-state index >= 15 is 0 Å². The molecule has 0 aromatic heterocycles. The van der Waals surface area contributed by atoms with Gasteiger partial charge < -0.3 is 33.2 Å². The highest BCUT2D eigenvalue weighted by Crippen LogP contribution is 2.15. The van der Waals surface area contributed by atoms with Gasteiger partial charge in [-0.25, -0.2) is 0 Å². The number of halogens is 1. The molecular weight excluding hydrogens is 317 g/mol. The topological polar surface area (TPSA) is 26.3 Å². The lowest BCUT2D eigenvalue weighted by Gasteiger charge is -2.37. The molecule has 0 aromatic rings. The molecule has 1 saturated heterocycles. The number of rotatable bonds is 4. The van der Waals surface area contributed by atoms with Gasteiger partial charge in [0.2, 0.25) is 0 Å². The first-order chi connectivity index (χ1) is 7.03. The van der Waals surface area contributed by atoms with Gasteiger partial charge in [0.15, 0.2) is 0 Å². The van der Waals surface area contributed by atoms with Gasteiger partial charge in [-0.2, -0.15) is 0 Å². The van der Waals surface area contributed by atoms with Crippen LogP contribution in [0.2, 0.25) is 0 Å². The average Bonchev–Trinajstić information content (AvgIpc) is 2.18. The van der Waals surface area contributed by atoms with Crippen LogP contribution in [-0.2, 0) is 9.53 Å². The second-order valence-corrected chi connectivity index (χ2v) is 5.17. The normalized spacial score (nSPS) is 19.0. The van der Waals surface area contributed by atoms with Crippen LogP contribution in [0.5, 0.6) is 0 Å². The number of carbonyl (C=O) groups excluding carboxylic acids is 1. The van der Waals surface area contributed by atoms with Gasteiger partial charge >= 0.3 is 5.97 Å². The molecule has 1 rings (SSSR count). The Morgan fingerprint density at radius 1 is 1.25 bits per heavy atom. The first-order valence-electron chi connectivity index (χ1n) is 6.04. The summed E-state index contributed by atoms with van der Waals surface area (Å²) in [5.74, 6) is -0.0738. The number of quaternary nitrogens is 1. The van der Waals surface area contributed by atoms with E-state index in [-0.39, 0.29) is 35.9 Å². The van der Waals surface area contributed by atoms with Crippen LogP contribution >= 0.6 is 0 Å². The van der Waals surface area contributed by atoms with Crippen LogP contribution < -0.4 is 24.0 Å². The monoisotopic (exact) mass is 341 g/mol. The van der Waals surface area contributed by atoms with Gasteiger partial charge in [0.25, 0.3) is 0 Å². The number of ether oxygens (including phenoxy) is 1. The Bertz CT molecular complexity index is 213. The van der Waals surface area contributed by atoms with Crippen LogP contribution in [0.4, 0.5) is 0 Å². The van der Waals surface area contributed by atoms with E-state index < -0.39 is 0 Å². The first kappa shape index (κ1) is 16.2. The van der Waals surface area contributed by atoms with E-state index in [2.05, 4.69) is 7.05 Å². The summed E-state index contributed by atoms with van der Waals surface area (Å²) in [6.07, 6.45) is 3.99. The Hall–Kier alpha value is 0.160. The van der Waals surface area contributed by atoms with E-state index in [0.717, 1.165) is 11.0 Å². The molecule has 0 N–H and O–H groups in total. The van der Waals surface area contributed by atoms with Crippen molar-refractivity contribution in [1.29, 1.82) is 0 Å². The maximum Gasteiger partial charge on any atom is 0.308 e. The third-order valence-corrected chi connectivity index (χ3v) is 3.24. The summed E-state index contributed by atoms with van der Waals surface area (Å²) in [6.45, 7) is 7.77. The summed E-state index contributed by atoms with van der Waals surface area (Å²) in [5, 5.41) is 0. The molecule has 1 aliphatic rings. The molecule has 0 aromatic carbocycles. The molecule has 1 aliphatic heterocycles. The smallest absolute Gasteiger partial charge is 0.308 e. The quantitative estimate of drug-likeness (QED) is 0.366. The highest BCUT2D eigenvalue weighted by atomic mass is 127. The van der Waals surface area contributed by atoms with Gasteiger partial charge in [0, 0.05) is 0 Å². The lowest BCUT2D eigenvalue weighted by atomic mass is 10.1. The van der Waals surface area contributed by atoms with Crippen LogP contribution in [0.1, 0.15) is 33.1 Å². The third-order valence-electron chi connectivity index (χ3n) is 3.24. The largest absolute Gasteiger partial charge is 1.00 e. The minimum absolute atomic E-state index is 0. The van der Waals surface area contributed by atoms with Gasteiger partial charge in [-0.05, 0) is 19.3 Å². The molecule has 0 saturated carbocycles. The van der Waals surface area contributed by atoms with Crippen molar-refractivity contribution < 1.29 is 38.0 Å².